The molecule has 0 amide bonds. The van der Waals surface area contributed by atoms with Gasteiger partial charge in [-0.2, -0.15) is 0 Å². The first kappa shape index (κ1) is 10.1. The first-order valence-corrected chi connectivity index (χ1v) is 4.01. The monoisotopic (exact) mass is 186 g/mol. The molecule has 0 saturated carbocycles. The van der Waals surface area contributed by atoms with Gasteiger partial charge in [-0.3, -0.25) is 4.98 Å². The van der Waals surface area contributed by atoms with Crippen LogP contribution in [0.3, 0.4) is 0 Å². The third kappa shape index (κ3) is 1.83. The number of nitrogens with two attached hydrogens (primary N) is 1. The summed E-state index contributed by atoms with van der Waals surface area (Å²) >= 11 is 0. The molecule has 0 aliphatic heterocycles. The van der Waals surface area contributed by atoms with Gasteiger partial charge in [0.05, 0.1) is 0 Å². The summed E-state index contributed by atoms with van der Waals surface area (Å²) < 4.78 is 24.9. The molecule has 2 N–H and O–H groups in total. The van der Waals surface area contributed by atoms with E-state index < -0.39 is 6.43 Å². The summed E-state index contributed by atoms with van der Waals surface area (Å²) in [7, 11) is 0. The normalized spacial score (nSPS) is 10.9. The summed E-state index contributed by atoms with van der Waals surface area (Å²) in [6, 6.07) is 0. The lowest BCUT2D eigenvalue weighted by molar-refractivity contribution is 0.149. The zero-order valence-electron chi connectivity index (χ0n) is 7.64. The maximum atomic E-state index is 12.4. The van der Waals surface area contributed by atoms with Gasteiger partial charge in [-0.05, 0) is 25.0 Å². The van der Waals surface area contributed by atoms with E-state index in [1.54, 1.807) is 13.8 Å². The standard InChI is InChI=1S/C9H12F2N2/c1-5-6(2)13-4-8(9(10)11)7(5)3-12/h4,9H,3,12H2,1-2H3. The summed E-state index contributed by atoms with van der Waals surface area (Å²) in [4.78, 5) is 3.87. The van der Waals surface area contributed by atoms with Crippen LogP contribution in [0, 0.1) is 13.8 Å². The Morgan fingerprint density at radius 3 is 2.54 bits per heavy atom. The van der Waals surface area contributed by atoms with E-state index in [0.717, 1.165) is 11.3 Å². The van der Waals surface area contributed by atoms with Gasteiger partial charge >= 0.3 is 0 Å². The van der Waals surface area contributed by atoms with Crippen molar-refractivity contribution in [1.82, 2.24) is 4.98 Å². The van der Waals surface area contributed by atoms with Crippen molar-refractivity contribution in [3.8, 4) is 0 Å². The Morgan fingerprint density at radius 1 is 1.46 bits per heavy atom. The van der Waals surface area contributed by atoms with Crippen LogP contribution in [0.1, 0.15) is 28.8 Å². The molecule has 0 aromatic carbocycles. The maximum Gasteiger partial charge on any atom is 0.265 e. The van der Waals surface area contributed by atoms with E-state index in [-0.39, 0.29) is 12.1 Å². The van der Waals surface area contributed by atoms with Crippen molar-refractivity contribution in [3.63, 3.8) is 0 Å². The van der Waals surface area contributed by atoms with Gasteiger partial charge in [-0.25, -0.2) is 8.78 Å². The minimum atomic E-state index is -2.50. The predicted molar refractivity (Wildman–Crippen MR) is 46.6 cm³/mol. The Morgan fingerprint density at radius 2 is 2.08 bits per heavy atom. The molecule has 0 aliphatic carbocycles. The molecule has 0 saturated heterocycles. The Bertz CT molecular complexity index is 311. The van der Waals surface area contributed by atoms with Crippen LogP contribution in [-0.2, 0) is 6.54 Å². The number of hydrogen-bond donors (Lipinski definition) is 1. The van der Waals surface area contributed by atoms with E-state index in [1.807, 2.05) is 0 Å². The highest BCUT2D eigenvalue weighted by molar-refractivity contribution is 5.35. The molecular weight excluding hydrogens is 174 g/mol. The number of hydrogen-bond acceptors (Lipinski definition) is 2. The maximum absolute atomic E-state index is 12.4. The van der Waals surface area contributed by atoms with E-state index >= 15 is 0 Å². The number of nitrogens with zero attached hydrogens (tertiary/aromatic N) is 1. The molecule has 0 aliphatic rings. The van der Waals surface area contributed by atoms with Gasteiger partial charge in [0.2, 0.25) is 0 Å². The predicted octanol–water partition coefficient (Wildman–Crippen LogP) is 2.09. The van der Waals surface area contributed by atoms with Crippen LogP contribution in [0.5, 0.6) is 0 Å². The highest BCUT2D eigenvalue weighted by Gasteiger charge is 2.15. The summed E-state index contributed by atoms with van der Waals surface area (Å²) in [5.41, 5.74) is 7.38. The van der Waals surface area contributed by atoms with Crippen LogP contribution in [0.15, 0.2) is 6.20 Å². The van der Waals surface area contributed by atoms with Crippen molar-refractivity contribution in [2.24, 2.45) is 5.73 Å². The van der Waals surface area contributed by atoms with Crippen LogP contribution in [-0.4, -0.2) is 4.98 Å². The van der Waals surface area contributed by atoms with Crippen LogP contribution in [0.2, 0.25) is 0 Å². The van der Waals surface area contributed by atoms with Gasteiger partial charge in [0.15, 0.2) is 0 Å². The number of aryl methyl sites for hydroxylation is 1. The molecule has 2 nitrogen and oxygen atoms in total. The first-order chi connectivity index (χ1) is 6.07. The van der Waals surface area contributed by atoms with Crippen LogP contribution in [0.4, 0.5) is 8.78 Å². The molecule has 4 heteroatoms. The Hall–Kier alpha value is -1.03. The van der Waals surface area contributed by atoms with Gasteiger partial charge in [-0.15, -0.1) is 0 Å². The second-order valence-corrected chi connectivity index (χ2v) is 2.91. The van der Waals surface area contributed by atoms with E-state index in [1.165, 1.54) is 6.20 Å². The lowest BCUT2D eigenvalue weighted by Gasteiger charge is -2.11. The van der Waals surface area contributed by atoms with Crippen molar-refractivity contribution in [2.75, 3.05) is 0 Å². The average molecular weight is 186 g/mol. The molecule has 1 rings (SSSR count). The second-order valence-electron chi connectivity index (χ2n) is 2.91. The van der Waals surface area contributed by atoms with Gasteiger partial charge in [0.1, 0.15) is 0 Å². The van der Waals surface area contributed by atoms with E-state index in [0.29, 0.717) is 5.56 Å². The van der Waals surface area contributed by atoms with Gasteiger partial charge in [-0.1, -0.05) is 0 Å². The highest BCUT2D eigenvalue weighted by Crippen LogP contribution is 2.25. The zero-order chi connectivity index (χ0) is 10.0. The molecule has 0 spiro atoms. The van der Waals surface area contributed by atoms with Crippen LogP contribution in [0.25, 0.3) is 0 Å². The van der Waals surface area contributed by atoms with Gasteiger partial charge < -0.3 is 5.73 Å². The molecule has 72 valence electrons. The van der Waals surface area contributed by atoms with Gasteiger partial charge in [0, 0.05) is 24.0 Å². The van der Waals surface area contributed by atoms with Crippen molar-refractivity contribution < 1.29 is 8.78 Å². The molecule has 0 unspecified atom stereocenters. The highest BCUT2D eigenvalue weighted by atomic mass is 19.3. The minimum Gasteiger partial charge on any atom is -0.326 e. The average Bonchev–Trinajstić information content (AvgIpc) is 2.09. The minimum absolute atomic E-state index is 0.0504. The molecule has 1 aromatic heterocycles. The molecule has 13 heavy (non-hydrogen) atoms. The SMILES string of the molecule is Cc1ncc(C(F)F)c(CN)c1C. The number of halogens is 2. The van der Waals surface area contributed by atoms with Crippen molar-refractivity contribution in [3.05, 3.63) is 28.6 Å². The van der Waals surface area contributed by atoms with E-state index in [4.69, 9.17) is 5.73 Å². The quantitative estimate of drug-likeness (QED) is 0.768. The summed E-state index contributed by atoms with van der Waals surface area (Å²) in [6.07, 6.45) is -1.29. The zero-order valence-corrected chi connectivity index (χ0v) is 7.64. The van der Waals surface area contributed by atoms with E-state index in [2.05, 4.69) is 4.98 Å². The molecule has 0 bridgehead atoms. The molecule has 0 radical (unpaired) electrons. The number of pyridine rings is 1. The molecule has 0 atom stereocenters. The Kier molecular flexibility index (Phi) is 2.93. The molecule has 1 heterocycles. The smallest absolute Gasteiger partial charge is 0.265 e. The van der Waals surface area contributed by atoms with Crippen LogP contribution < -0.4 is 5.73 Å². The van der Waals surface area contributed by atoms with E-state index in [9.17, 15) is 8.78 Å². The first-order valence-electron chi connectivity index (χ1n) is 4.01. The third-order valence-corrected chi connectivity index (χ3v) is 2.18. The summed E-state index contributed by atoms with van der Waals surface area (Å²) in [5.74, 6) is 0. The fraction of sp³-hybridized carbons (Fsp3) is 0.444. The molecule has 1 aromatic rings. The Balaban J connectivity index is 3.30. The topological polar surface area (TPSA) is 38.9 Å². The molecule has 0 fully saturated rings. The van der Waals surface area contributed by atoms with Gasteiger partial charge in [0.25, 0.3) is 6.43 Å². The van der Waals surface area contributed by atoms with Crippen molar-refractivity contribution in [2.45, 2.75) is 26.8 Å². The fourth-order valence-corrected chi connectivity index (χ4v) is 1.23. The summed E-state index contributed by atoms with van der Waals surface area (Å²) in [5, 5.41) is 0. The molecular formula is C9H12F2N2. The van der Waals surface area contributed by atoms with Crippen molar-refractivity contribution >= 4 is 0 Å². The number of alkyl halides is 2. The lowest BCUT2D eigenvalue weighted by Crippen LogP contribution is -2.07. The third-order valence-electron chi connectivity index (χ3n) is 2.18. The summed E-state index contributed by atoms with van der Waals surface area (Å²) in [6.45, 7) is 3.68. The Labute approximate surface area is 75.8 Å². The largest absolute Gasteiger partial charge is 0.326 e. The lowest BCUT2D eigenvalue weighted by atomic mass is 10.0. The van der Waals surface area contributed by atoms with Crippen LogP contribution >= 0.6 is 0 Å². The fourth-order valence-electron chi connectivity index (χ4n) is 1.23. The second kappa shape index (κ2) is 3.79. The van der Waals surface area contributed by atoms with Crippen molar-refractivity contribution in [1.29, 1.82) is 0 Å². The number of rotatable bonds is 2. The number of aromatic nitrogens is 1.